The highest BCUT2D eigenvalue weighted by atomic mass is 32.1. The third kappa shape index (κ3) is 2.26. The normalized spacial score (nSPS) is 36.8. The highest BCUT2D eigenvalue weighted by Gasteiger charge is 2.47. The number of nitrogens with zero attached hydrogens (tertiary/aromatic N) is 1. The number of likely N-dealkylation sites (tertiary alicyclic amines) is 1. The molecule has 1 aliphatic carbocycles. The van der Waals surface area contributed by atoms with Crippen LogP contribution in [0.1, 0.15) is 32.6 Å². The van der Waals surface area contributed by atoms with E-state index in [9.17, 15) is 0 Å². The molecule has 2 fully saturated rings. The molecule has 16 heavy (non-hydrogen) atoms. The van der Waals surface area contributed by atoms with Gasteiger partial charge in [-0.15, -0.1) is 0 Å². The van der Waals surface area contributed by atoms with Crippen LogP contribution in [0.4, 0.5) is 0 Å². The van der Waals surface area contributed by atoms with Gasteiger partial charge in [-0.25, -0.2) is 0 Å². The van der Waals surface area contributed by atoms with E-state index in [1.807, 2.05) is 0 Å². The SMILES string of the molecule is COC1C[C@@H](N)C2(CCN([C@H](C)S)CC2)C1. The number of thiol groups is 1. The molecule has 0 aromatic heterocycles. The van der Waals surface area contributed by atoms with E-state index in [2.05, 4.69) is 24.5 Å². The molecule has 2 rings (SSSR count). The standard InChI is InChI=1S/C12H24N2OS/c1-9(16)14-5-3-12(4-6-14)8-10(15-2)7-11(12)13/h9-11,16H,3-8,13H2,1-2H3/t9-,10?,11+/m0/s1. The molecule has 94 valence electrons. The Labute approximate surface area is 104 Å². The Morgan fingerprint density at radius 3 is 2.50 bits per heavy atom. The van der Waals surface area contributed by atoms with E-state index in [-0.39, 0.29) is 0 Å². The Balaban J connectivity index is 1.96. The van der Waals surface area contributed by atoms with Gasteiger partial charge in [0.05, 0.1) is 6.10 Å². The highest BCUT2D eigenvalue weighted by Crippen LogP contribution is 2.46. The molecule has 0 amide bonds. The summed E-state index contributed by atoms with van der Waals surface area (Å²) in [4.78, 5) is 2.43. The van der Waals surface area contributed by atoms with Crippen molar-refractivity contribution >= 4 is 12.6 Å². The maximum atomic E-state index is 6.31. The molecule has 0 aromatic carbocycles. The number of piperidine rings is 1. The third-order valence-electron chi connectivity index (χ3n) is 4.59. The van der Waals surface area contributed by atoms with Gasteiger partial charge in [0.1, 0.15) is 0 Å². The van der Waals surface area contributed by atoms with E-state index in [0.29, 0.717) is 22.9 Å². The molecule has 0 bridgehead atoms. The van der Waals surface area contributed by atoms with Gasteiger partial charge in [0.15, 0.2) is 0 Å². The van der Waals surface area contributed by atoms with Crippen LogP contribution >= 0.6 is 12.6 Å². The lowest BCUT2D eigenvalue weighted by molar-refractivity contribution is 0.0617. The summed E-state index contributed by atoms with van der Waals surface area (Å²) in [6, 6.07) is 0.329. The number of methoxy groups -OCH3 is 1. The van der Waals surface area contributed by atoms with E-state index in [1.54, 1.807) is 7.11 Å². The molecular weight excluding hydrogens is 220 g/mol. The van der Waals surface area contributed by atoms with Crippen molar-refractivity contribution in [2.24, 2.45) is 11.1 Å². The first-order valence-corrected chi connectivity index (χ1v) is 6.79. The van der Waals surface area contributed by atoms with Crippen molar-refractivity contribution < 1.29 is 4.74 Å². The molecular formula is C12H24N2OS. The number of ether oxygens (including phenoxy) is 1. The largest absolute Gasteiger partial charge is 0.381 e. The lowest BCUT2D eigenvalue weighted by Crippen LogP contribution is -2.48. The summed E-state index contributed by atoms with van der Waals surface area (Å²) in [6.07, 6.45) is 4.99. The Kier molecular flexibility index (Phi) is 3.84. The van der Waals surface area contributed by atoms with Crippen LogP contribution in [0.3, 0.4) is 0 Å². The van der Waals surface area contributed by atoms with Crippen molar-refractivity contribution in [3.05, 3.63) is 0 Å². The van der Waals surface area contributed by atoms with E-state index in [1.165, 1.54) is 12.8 Å². The zero-order chi connectivity index (χ0) is 11.8. The minimum atomic E-state index is 0.329. The summed E-state index contributed by atoms with van der Waals surface area (Å²) in [5, 5.41) is 0.369. The number of rotatable bonds is 2. The predicted octanol–water partition coefficient (Wildman–Crippen LogP) is 1.48. The molecule has 1 saturated heterocycles. The minimum absolute atomic E-state index is 0.329. The maximum absolute atomic E-state index is 6.31. The van der Waals surface area contributed by atoms with Gasteiger partial charge in [0.2, 0.25) is 0 Å². The molecule has 0 aromatic rings. The fourth-order valence-electron chi connectivity index (χ4n) is 3.32. The average molecular weight is 244 g/mol. The van der Waals surface area contributed by atoms with Gasteiger partial charge in [-0.05, 0) is 51.1 Å². The van der Waals surface area contributed by atoms with E-state index >= 15 is 0 Å². The Hall–Kier alpha value is 0.230. The zero-order valence-electron chi connectivity index (χ0n) is 10.4. The molecule has 1 spiro atoms. The van der Waals surface area contributed by atoms with Crippen molar-refractivity contribution in [1.29, 1.82) is 0 Å². The lowest BCUT2D eigenvalue weighted by Gasteiger charge is -2.43. The minimum Gasteiger partial charge on any atom is -0.381 e. The van der Waals surface area contributed by atoms with Gasteiger partial charge in [0, 0.05) is 18.5 Å². The second-order valence-electron chi connectivity index (χ2n) is 5.43. The smallest absolute Gasteiger partial charge is 0.0592 e. The molecule has 4 heteroatoms. The lowest BCUT2D eigenvalue weighted by atomic mass is 9.74. The Bertz CT molecular complexity index is 239. The molecule has 1 saturated carbocycles. The second kappa shape index (κ2) is 4.84. The van der Waals surface area contributed by atoms with Crippen LogP contribution in [0.15, 0.2) is 0 Å². The van der Waals surface area contributed by atoms with Crippen LogP contribution in [-0.2, 0) is 4.74 Å². The van der Waals surface area contributed by atoms with Gasteiger partial charge < -0.3 is 10.5 Å². The summed E-state index contributed by atoms with van der Waals surface area (Å²) in [7, 11) is 1.81. The first-order chi connectivity index (χ1) is 7.57. The van der Waals surface area contributed by atoms with Gasteiger partial charge in [0.25, 0.3) is 0 Å². The van der Waals surface area contributed by atoms with Crippen LogP contribution in [0.25, 0.3) is 0 Å². The number of hydrogen-bond acceptors (Lipinski definition) is 4. The average Bonchev–Trinajstić information content (AvgIpc) is 2.57. The fraction of sp³-hybridized carbons (Fsp3) is 1.00. The molecule has 0 radical (unpaired) electrons. The van der Waals surface area contributed by atoms with Crippen LogP contribution in [0, 0.1) is 5.41 Å². The molecule has 2 aliphatic rings. The van der Waals surface area contributed by atoms with E-state index in [0.717, 1.165) is 25.9 Å². The Morgan fingerprint density at radius 2 is 2.06 bits per heavy atom. The summed E-state index contributed by atoms with van der Waals surface area (Å²) >= 11 is 4.50. The van der Waals surface area contributed by atoms with Crippen molar-refractivity contribution in [2.75, 3.05) is 20.2 Å². The topological polar surface area (TPSA) is 38.5 Å². The van der Waals surface area contributed by atoms with Crippen LogP contribution in [0.2, 0.25) is 0 Å². The molecule has 2 N–H and O–H groups in total. The quantitative estimate of drug-likeness (QED) is 0.723. The predicted molar refractivity (Wildman–Crippen MR) is 69.7 cm³/mol. The maximum Gasteiger partial charge on any atom is 0.0592 e. The molecule has 3 nitrogen and oxygen atoms in total. The van der Waals surface area contributed by atoms with Crippen LogP contribution in [-0.4, -0.2) is 42.6 Å². The van der Waals surface area contributed by atoms with Gasteiger partial charge in [-0.1, -0.05) is 0 Å². The van der Waals surface area contributed by atoms with Crippen LogP contribution in [0.5, 0.6) is 0 Å². The van der Waals surface area contributed by atoms with Crippen LogP contribution < -0.4 is 5.73 Å². The van der Waals surface area contributed by atoms with Gasteiger partial charge in [-0.2, -0.15) is 12.6 Å². The van der Waals surface area contributed by atoms with Crippen molar-refractivity contribution in [3.8, 4) is 0 Å². The Morgan fingerprint density at radius 1 is 1.44 bits per heavy atom. The zero-order valence-corrected chi connectivity index (χ0v) is 11.2. The van der Waals surface area contributed by atoms with E-state index in [4.69, 9.17) is 10.5 Å². The van der Waals surface area contributed by atoms with Crippen molar-refractivity contribution in [1.82, 2.24) is 4.90 Å². The summed E-state index contributed by atoms with van der Waals surface area (Å²) in [5.41, 5.74) is 6.66. The summed E-state index contributed by atoms with van der Waals surface area (Å²) in [5.74, 6) is 0. The first-order valence-electron chi connectivity index (χ1n) is 6.28. The van der Waals surface area contributed by atoms with Gasteiger partial charge in [-0.3, -0.25) is 4.90 Å². The monoisotopic (exact) mass is 244 g/mol. The second-order valence-corrected chi connectivity index (χ2v) is 6.18. The van der Waals surface area contributed by atoms with Gasteiger partial charge >= 0.3 is 0 Å². The van der Waals surface area contributed by atoms with E-state index < -0.39 is 0 Å². The highest BCUT2D eigenvalue weighted by molar-refractivity contribution is 7.80. The summed E-state index contributed by atoms with van der Waals surface area (Å²) in [6.45, 7) is 4.41. The fourth-order valence-corrected chi connectivity index (χ4v) is 3.55. The van der Waals surface area contributed by atoms with Crippen molar-refractivity contribution in [2.45, 2.75) is 50.1 Å². The third-order valence-corrected chi connectivity index (χ3v) is 4.92. The molecule has 3 atom stereocenters. The van der Waals surface area contributed by atoms with Crippen molar-refractivity contribution in [3.63, 3.8) is 0 Å². The molecule has 1 heterocycles. The number of nitrogens with two attached hydrogens (primary N) is 1. The number of hydrogen-bond donors (Lipinski definition) is 2. The molecule has 1 unspecified atom stereocenters. The summed E-state index contributed by atoms with van der Waals surface area (Å²) < 4.78 is 5.47. The first kappa shape index (κ1) is 12.7. The molecule has 1 aliphatic heterocycles.